The Kier molecular flexibility index (Phi) is 3.46. The van der Waals surface area contributed by atoms with Crippen LogP contribution in [0.4, 0.5) is 5.69 Å². The fourth-order valence-corrected chi connectivity index (χ4v) is 2.37. The Hall–Kier alpha value is -2.59. The molecule has 106 valence electrons. The van der Waals surface area contributed by atoms with Crippen LogP contribution >= 0.6 is 0 Å². The van der Waals surface area contributed by atoms with Crippen LogP contribution in [0, 0.1) is 0 Å². The van der Waals surface area contributed by atoms with E-state index in [2.05, 4.69) is 4.98 Å². The lowest BCUT2D eigenvalue weighted by atomic mass is 9.98. The minimum absolute atomic E-state index is 0.676. The van der Waals surface area contributed by atoms with Gasteiger partial charge in [-0.1, -0.05) is 12.1 Å². The van der Waals surface area contributed by atoms with Crippen LogP contribution in [0.1, 0.15) is 17.2 Å². The summed E-state index contributed by atoms with van der Waals surface area (Å²) in [5, 5.41) is 11.5. The standard InChI is InChI=1S/C17H16N2O2/c1-21-13-6-7-14-15(8-9-19-16(14)10-13)17(20)11-2-4-12(18)5-3-11/h2-10,17,20H,18H2,1H3. The molecule has 0 radical (unpaired) electrons. The molecule has 2 aromatic carbocycles. The number of hydrogen-bond donors (Lipinski definition) is 2. The summed E-state index contributed by atoms with van der Waals surface area (Å²) in [7, 11) is 1.62. The zero-order valence-electron chi connectivity index (χ0n) is 11.7. The molecule has 1 atom stereocenters. The molecule has 0 amide bonds. The second kappa shape index (κ2) is 5.42. The Morgan fingerprint density at radius 2 is 1.86 bits per heavy atom. The highest BCUT2D eigenvalue weighted by molar-refractivity contribution is 5.84. The van der Waals surface area contributed by atoms with Crippen molar-refractivity contribution in [3.05, 3.63) is 65.9 Å². The number of aliphatic hydroxyl groups is 1. The number of benzene rings is 2. The summed E-state index contributed by atoms with van der Waals surface area (Å²) >= 11 is 0. The number of pyridine rings is 1. The van der Waals surface area contributed by atoms with Crippen molar-refractivity contribution in [3.63, 3.8) is 0 Å². The zero-order chi connectivity index (χ0) is 14.8. The lowest BCUT2D eigenvalue weighted by molar-refractivity contribution is 0.222. The molecule has 1 aromatic heterocycles. The minimum Gasteiger partial charge on any atom is -0.497 e. The van der Waals surface area contributed by atoms with Gasteiger partial charge >= 0.3 is 0 Å². The highest BCUT2D eigenvalue weighted by Crippen LogP contribution is 2.30. The van der Waals surface area contributed by atoms with Gasteiger partial charge in [-0.3, -0.25) is 4.98 Å². The molecule has 3 N–H and O–H groups in total. The Morgan fingerprint density at radius 1 is 1.10 bits per heavy atom. The summed E-state index contributed by atoms with van der Waals surface area (Å²) in [6, 6.07) is 14.7. The third-order valence-corrected chi connectivity index (χ3v) is 3.53. The summed E-state index contributed by atoms with van der Waals surface area (Å²) in [5.41, 5.74) is 8.76. The van der Waals surface area contributed by atoms with Crippen molar-refractivity contribution in [2.24, 2.45) is 0 Å². The maximum absolute atomic E-state index is 10.6. The van der Waals surface area contributed by atoms with Crippen molar-refractivity contribution in [2.75, 3.05) is 12.8 Å². The van der Waals surface area contributed by atoms with Gasteiger partial charge in [0.15, 0.2) is 0 Å². The van der Waals surface area contributed by atoms with Crippen molar-refractivity contribution in [2.45, 2.75) is 6.10 Å². The van der Waals surface area contributed by atoms with Gasteiger partial charge in [0.1, 0.15) is 11.9 Å². The quantitative estimate of drug-likeness (QED) is 0.724. The number of hydrogen-bond acceptors (Lipinski definition) is 4. The average Bonchev–Trinajstić information content (AvgIpc) is 2.53. The van der Waals surface area contributed by atoms with E-state index in [-0.39, 0.29) is 0 Å². The molecule has 1 unspecified atom stereocenters. The van der Waals surface area contributed by atoms with Crippen molar-refractivity contribution < 1.29 is 9.84 Å². The summed E-state index contributed by atoms with van der Waals surface area (Å²) in [6.45, 7) is 0. The lowest BCUT2D eigenvalue weighted by Gasteiger charge is -2.14. The predicted molar refractivity (Wildman–Crippen MR) is 83.2 cm³/mol. The van der Waals surface area contributed by atoms with Gasteiger partial charge in [-0.15, -0.1) is 0 Å². The number of aromatic nitrogens is 1. The molecule has 0 saturated heterocycles. The maximum atomic E-state index is 10.6. The predicted octanol–water partition coefficient (Wildman–Crippen LogP) is 2.91. The number of nitrogen functional groups attached to an aromatic ring is 1. The maximum Gasteiger partial charge on any atom is 0.121 e. The monoisotopic (exact) mass is 280 g/mol. The topological polar surface area (TPSA) is 68.4 Å². The Balaban J connectivity index is 2.09. The Morgan fingerprint density at radius 3 is 2.57 bits per heavy atom. The van der Waals surface area contributed by atoms with E-state index < -0.39 is 6.10 Å². The fourth-order valence-electron chi connectivity index (χ4n) is 2.37. The van der Waals surface area contributed by atoms with Gasteiger partial charge in [0.05, 0.1) is 12.6 Å². The average molecular weight is 280 g/mol. The van der Waals surface area contributed by atoms with Crippen molar-refractivity contribution in [1.82, 2.24) is 4.98 Å². The second-order valence-electron chi connectivity index (χ2n) is 4.85. The van der Waals surface area contributed by atoms with Gasteiger partial charge < -0.3 is 15.6 Å². The van der Waals surface area contributed by atoms with Gasteiger partial charge in [-0.2, -0.15) is 0 Å². The molecule has 4 heteroatoms. The van der Waals surface area contributed by atoms with E-state index in [0.717, 1.165) is 27.8 Å². The molecule has 1 heterocycles. The van der Waals surface area contributed by atoms with E-state index in [0.29, 0.717) is 5.69 Å². The highest BCUT2D eigenvalue weighted by Gasteiger charge is 2.14. The van der Waals surface area contributed by atoms with Crippen molar-refractivity contribution >= 4 is 16.6 Å². The molecule has 0 saturated carbocycles. The lowest BCUT2D eigenvalue weighted by Crippen LogP contribution is -2.01. The van der Waals surface area contributed by atoms with Crippen LogP contribution in [-0.4, -0.2) is 17.2 Å². The van der Waals surface area contributed by atoms with Gasteiger partial charge in [-0.25, -0.2) is 0 Å². The van der Waals surface area contributed by atoms with Crippen LogP contribution in [0.5, 0.6) is 5.75 Å². The third kappa shape index (κ3) is 2.53. The first kappa shape index (κ1) is 13.4. The zero-order valence-corrected chi connectivity index (χ0v) is 11.7. The van der Waals surface area contributed by atoms with Crippen LogP contribution in [0.15, 0.2) is 54.7 Å². The summed E-state index contributed by atoms with van der Waals surface area (Å²) in [5.74, 6) is 0.745. The molecule has 0 aliphatic rings. The number of methoxy groups -OCH3 is 1. The van der Waals surface area contributed by atoms with Gasteiger partial charge in [0.2, 0.25) is 0 Å². The largest absolute Gasteiger partial charge is 0.497 e. The third-order valence-electron chi connectivity index (χ3n) is 3.53. The molecule has 0 spiro atoms. The molecular weight excluding hydrogens is 264 g/mol. The molecule has 3 aromatic rings. The smallest absolute Gasteiger partial charge is 0.121 e. The van der Waals surface area contributed by atoms with Crippen molar-refractivity contribution in [3.8, 4) is 5.75 Å². The van der Waals surface area contributed by atoms with Gasteiger partial charge in [-0.05, 0) is 41.5 Å². The highest BCUT2D eigenvalue weighted by atomic mass is 16.5. The summed E-state index contributed by atoms with van der Waals surface area (Å²) in [4.78, 5) is 4.33. The number of fused-ring (bicyclic) bond motifs is 1. The van der Waals surface area contributed by atoms with Gasteiger partial charge in [0, 0.05) is 23.3 Å². The summed E-state index contributed by atoms with van der Waals surface area (Å²) < 4.78 is 5.20. The van der Waals surface area contributed by atoms with Crippen LogP contribution in [0.3, 0.4) is 0 Å². The fraction of sp³-hybridized carbons (Fsp3) is 0.118. The second-order valence-corrected chi connectivity index (χ2v) is 4.85. The first-order valence-corrected chi connectivity index (χ1v) is 6.65. The van der Waals surface area contributed by atoms with Crippen LogP contribution in [0.2, 0.25) is 0 Å². The molecule has 4 nitrogen and oxygen atoms in total. The molecule has 0 aliphatic heterocycles. The van der Waals surface area contributed by atoms with Crippen LogP contribution in [0.25, 0.3) is 10.9 Å². The van der Waals surface area contributed by atoms with E-state index in [1.54, 1.807) is 25.4 Å². The SMILES string of the molecule is COc1ccc2c(C(O)c3ccc(N)cc3)ccnc2c1. The van der Waals surface area contributed by atoms with E-state index >= 15 is 0 Å². The Bertz CT molecular complexity index is 769. The normalized spacial score (nSPS) is 12.3. The number of anilines is 1. The number of nitrogens with zero attached hydrogens (tertiary/aromatic N) is 1. The molecule has 3 rings (SSSR count). The van der Waals surface area contributed by atoms with Gasteiger partial charge in [0.25, 0.3) is 0 Å². The summed E-state index contributed by atoms with van der Waals surface area (Å²) in [6.07, 6.45) is 0.974. The first-order chi connectivity index (χ1) is 10.2. The number of ether oxygens (including phenoxy) is 1. The molecular formula is C17H16N2O2. The van der Waals surface area contributed by atoms with E-state index in [9.17, 15) is 5.11 Å². The minimum atomic E-state index is -0.718. The number of rotatable bonds is 3. The van der Waals surface area contributed by atoms with Crippen molar-refractivity contribution in [1.29, 1.82) is 0 Å². The number of nitrogens with two attached hydrogens (primary N) is 1. The molecule has 0 fully saturated rings. The molecule has 21 heavy (non-hydrogen) atoms. The molecule has 0 aliphatic carbocycles. The van der Waals surface area contributed by atoms with E-state index in [4.69, 9.17) is 10.5 Å². The first-order valence-electron chi connectivity index (χ1n) is 6.65. The van der Waals surface area contributed by atoms with E-state index in [1.165, 1.54) is 0 Å². The number of aliphatic hydroxyl groups excluding tert-OH is 1. The molecule has 0 bridgehead atoms. The van der Waals surface area contributed by atoms with Crippen LogP contribution in [-0.2, 0) is 0 Å². The van der Waals surface area contributed by atoms with Crippen LogP contribution < -0.4 is 10.5 Å². The Labute approximate surface area is 122 Å². The van der Waals surface area contributed by atoms with E-state index in [1.807, 2.05) is 36.4 Å².